The summed E-state index contributed by atoms with van der Waals surface area (Å²) in [5.74, 6) is 4.26. The van der Waals surface area contributed by atoms with Crippen LogP contribution in [-0.4, -0.2) is 0 Å². The van der Waals surface area contributed by atoms with Crippen LogP contribution in [0.25, 0.3) is 11.0 Å². The van der Waals surface area contributed by atoms with Crippen molar-refractivity contribution in [1.82, 2.24) is 0 Å². The van der Waals surface area contributed by atoms with Crippen molar-refractivity contribution in [2.24, 2.45) is 17.8 Å². The Labute approximate surface area is 114 Å². The summed E-state index contributed by atoms with van der Waals surface area (Å²) in [5, 5.41) is 1.29. The molecule has 1 heterocycles. The van der Waals surface area contributed by atoms with Gasteiger partial charge in [-0.15, -0.1) is 0 Å². The first-order valence-corrected chi connectivity index (χ1v) is 7.80. The summed E-state index contributed by atoms with van der Waals surface area (Å²) in [6.07, 6.45) is 8.66. The largest absolute Gasteiger partial charge is 0.460 e. The van der Waals surface area contributed by atoms with Gasteiger partial charge in [0, 0.05) is 10.8 Å². The molecule has 1 aromatic heterocycles. The molecule has 1 heteroatoms. The zero-order valence-corrected chi connectivity index (χ0v) is 11.3. The highest BCUT2D eigenvalue weighted by Crippen LogP contribution is 2.61. The number of rotatable bonds is 1. The standard InChI is InChI=1S/C18H20O/c1-2-4-16-15(3-1)8-17(19-16)18-9-12-5-13(10-18)7-14(6-12)11-18/h1-4,8,12-14H,5-7,9-11H2. The molecule has 0 amide bonds. The Kier molecular flexibility index (Phi) is 1.91. The Morgan fingerprint density at radius 3 is 2.16 bits per heavy atom. The van der Waals surface area contributed by atoms with Crippen LogP contribution in [0.2, 0.25) is 0 Å². The van der Waals surface area contributed by atoms with Gasteiger partial charge in [-0.3, -0.25) is 0 Å². The molecule has 6 rings (SSSR count). The maximum Gasteiger partial charge on any atom is 0.134 e. The minimum Gasteiger partial charge on any atom is -0.460 e. The predicted octanol–water partition coefficient (Wildman–Crippen LogP) is 4.90. The van der Waals surface area contributed by atoms with Crippen molar-refractivity contribution in [2.45, 2.75) is 43.9 Å². The lowest BCUT2D eigenvalue weighted by Gasteiger charge is -2.55. The van der Waals surface area contributed by atoms with Gasteiger partial charge in [-0.05, 0) is 68.4 Å². The second-order valence-corrected chi connectivity index (χ2v) is 7.35. The van der Waals surface area contributed by atoms with E-state index >= 15 is 0 Å². The fourth-order valence-electron chi connectivity index (χ4n) is 5.66. The molecule has 4 saturated carbocycles. The second-order valence-electron chi connectivity index (χ2n) is 7.35. The molecule has 4 aliphatic carbocycles. The maximum atomic E-state index is 6.25. The first-order chi connectivity index (χ1) is 9.31. The van der Waals surface area contributed by atoms with Gasteiger partial charge in [-0.2, -0.15) is 0 Å². The van der Waals surface area contributed by atoms with E-state index in [-0.39, 0.29) is 0 Å². The molecule has 0 aliphatic heterocycles. The van der Waals surface area contributed by atoms with Crippen LogP contribution < -0.4 is 0 Å². The van der Waals surface area contributed by atoms with Crippen molar-refractivity contribution in [1.29, 1.82) is 0 Å². The number of hydrogen-bond donors (Lipinski definition) is 0. The SMILES string of the molecule is c1ccc2oc(C34CC5CC(CC(C5)C3)C4)cc2c1. The van der Waals surface area contributed by atoms with Crippen LogP contribution in [0.3, 0.4) is 0 Å². The molecule has 0 spiro atoms. The highest BCUT2D eigenvalue weighted by molar-refractivity contribution is 5.78. The molecule has 4 aliphatic rings. The Morgan fingerprint density at radius 2 is 1.53 bits per heavy atom. The van der Waals surface area contributed by atoms with E-state index in [4.69, 9.17) is 4.42 Å². The normalized spacial score (nSPS) is 40.1. The van der Waals surface area contributed by atoms with Crippen molar-refractivity contribution in [3.05, 3.63) is 36.1 Å². The molecule has 1 nitrogen and oxygen atoms in total. The minimum absolute atomic E-state index is 0.397. The first kappa shape index (κ1) is 10.5. The van der Waals surface area contributed by atoms with Crippen LogP contribution in [0.4, 0.5) is 0 Å². The zero-order valence-electron chi connectivity index (χ0n) is 11.3. The Balaban J connectivity index is 1.64. The molecular formula is C18H20O. The number of furan rings is 1. The molecule has 0 unspecified atom stereocenters. The van der Waals surface area contributed by atoms with Crippen molar-refractivity contribution >= 4 is 11.0 Å². The molecule has 19 heavy (non-hydrogen) atoms. The van der Waals surface area contributed by atoms with Gasteiger partial charge in [0.25, 0.3) is 0 Å². The number of hydrogen-bond acceptors (Lipinski definition) is 1. The Hall–Kier alpha value is -1.24. The Bertz CT molecular complexity index is 568. The van der Waals surface area contributed by atoms with Crippen LogP contribution >= 0.6 is 0 Å². The minimum atomic E-state index is 0.397. The van der Waals surface area contributed by atoms with Crippen LogP contribution in [0.1, 0.15) is 44.3 Å². The van der Waals surface area contributed by atoms with Gasteiger partial charge < -0.3 is 4.42 Å². The van der Waals surface area contributed by atoms with E-state index in [1.165, 1.54) is 49.7 Å². The summed E-state index contributed by atoms with van der Waals surface area (Å²) in [5.41, 5.74) is 1.47. The molecule has 0 saturated heterocycles. The summed E-state index contributed by atoms with van der Waals surface area (Å²) < 4.78 is 6.25. The Morgan fingerprint density at radius 1 is 0.895 bits per heavy atom. The molecule has 4 fully saturated rings. The molecule has 0 atom stereocenters. The third-order valence-electron chi connectivity index (χ3n) is 5.99. The quantitative estimate of drug-likeness (QED) is 0.703. The molecule has 0 radical (unpaired) electrons. The highest BCUT2D eigenvalue weighted by atomic mass is 16.3. The van der Waals surface area contributed by atoms with E-state index in [2.05, 4.69) is 30.3 Å². The molecule has 0 N–H and O–H groups in total. The second kappa shape index (κ2) is 3.45. The van der Waals surface area contributed by atoms with Crippen LogP contribution in [0.5, 0.6) is 0 Å². The van der Waals surface area contributed by atoms with Crippen molar-refractivity contribution in [3.8, 4) is 0 Å². The van der Waals surface area contributed by atoms with Gasteiger partial charge in [-0.1, -0.05) is 18.2 Å². The lowest BCUT2D eigenvalue weighted by molar-refractivity contribution is -0.0145. The van der Waals surface area contributed by atoms with E-state index < -0.39 is 0 Å². The fraction of sp³-hybridized carbons (Fsp3) is 0.556. The van der Waals surface area contributed by atoms with E-state index in [0.29, 0.717) is 5.41 Å². The van der Waals surface area contributed by atoms with Crippen LogP contribution in [0, 0.1) is 17.8 Å². The predicted molar refractivity (Wildman–Crippen MR) is 76.1 cm³/mol. The van der Waals surface area contributed by atoms with Gasteiger partial charge in [-0.25, -0.2) is 0 Å². The maximum absolute atomic E-state index is 6.25. The van der Waals surface area contributed by atoms with Gasteiger partial charge in [0.2, 0.25) is 0 Å². The van der Waals surface area contributed by atoms with Crippen molar-refractivity contribution < 1.29 is 4.42 Å². The third kappa shape index (κ3) is 1.42. The molecule has 98 valence electrons. The molecule has 1 aromatic carbocycles. The zero-order chi connectivity index (χ0) is 12.4. The first-order valence-electron chi connectivity index (χ1n) is 7.80. The average Bonchev–Trinajstić information content (AvgIpc) is 2.81. The number of fused-ring (bicyclic) bond motifs is 1. The van der Waals surface area contributed by atoms with E-state index in [1.54, 1.807) is 0 Å². The monoisotopic (exact) mass is 252 g/mol. The van der Waals surface area contributed by atoms with Crippen LogP contribution in [-0.2, 0) is 5.41 Å². The molecular weight excluding hydrogens is 232 g/mol. The smallest absolute Gasteiger partial charge is 0.134 e. The molecule has 2 aromatic rings. The van der Waals surface area contributed by atoms with Crippen molar-refractivity contribution in [3.63, 3.8) is 0 Å². The lowest BCUT2D eigenvalue weighted by Crippen LogP contribution is -2.48. The third-order valence-corrected chi connectivity index (χ3v) is 5.99. The summed E-state index contributed by atoms with van der Waals surface area (Å²) in [6.45, 7) is 0. The number of para-hydroxylation sites is 1. The number of benzene rings is 1. The summed E-state index contributed by atoms with van der Waals surface area (Å²) in [7, 11) is 0. The lowest BCUT2D eigenvalue weighted by atomic mass is 9.49. The van der Waals surface area contributed by atoms with Crippen molar-refractivity contribution in [2.75, 3.05) is 0 Å². The summed E-state index contributed by atoms with van der Waals surface area (Å²) in [4.78, 5) is 0. The average molecular weight is 252 g/mol. The topological polar surface area (TPSA) is 13.1 Å². The van der Waals surface area contributed by atoms with E-state index in [0.717, 1.165) is 23.3 Å². The summed E-state index contributed by atoms with van der Waals surface area (Å²) >= 11 is 0. The highest BCUT2D eigenvalue weighted by Gasteiger charge is 2.53. The van der Waals surface area contributed by atoms with Gasteiger partial charge in [0.05, 0.1) is 0 Å². The molecule has 4 bridgehead atoms. The van der Waals surface area contributed by atoms with E-state index in [1.807, 2.05) is 0 Å². The van der Waals surface area contributed by atoms with E-state index in [9.17, 15) is 0 Å². The summed E-state index contributed by atoms with van der Waals surface area (Å²) in [6, 6.07) is 10.8. The van der Waals surface area contributed by atoms with Crippen LogP contribution in [0.15, 0.2) is 34.7 Å². The van der Waals surface area contributed by atoms with Gasteiger partial charge >= 0.3 is 0 Å². The van der Waals surface area contributed by atoms with Gasteiger partial charge in [0.15, 0.2) is 0 Å². The van der Waals surface area contributed by atoms with Gasteiger partial charge in [0.1, 0.15) is 11.3 Å². The fourth-order valence-corrected chi connectivity index (χ4v) is 5.66.